The number of carbonyl (C=O) groups is 1. The highest BCUT2D eigenvalue weighted by Crippen LogP contribution is 2.16. The third-order valence-corrected chi connectivity index (χ3v) is 4.48. The van der Waals surface area contributed by atoms with Gasteiger partial charge in [0.2, 0.25) is 0 Å². The van der Waals surface area contributed by atoms with Crippen LogP contribution in [0.5, 0.6) is 0 Å². The molecule has 0 radical (unpaired) electrons. The lowest BCUT2D eigenvalue weighted by atomic mass is 10.1. The molecule has 0 aliphatic heterocycles. The Morgan fingerprint density at radius 1 is 1.08 bits per heavy atom. The molecule has 2 aromatic rings. The lowest BCUT2D eigenvalue weighted by molar-refractivity contribution is -0.903. The second-order valence-corrected chi connectivity index (χ2v) is 6.88. The predicted octanol–water partition coefficient (Wildman–Crippen LogP) is 2.41. The molecule has 2 aromatic carbocycles. The van der Waals surface area contributed by atoms with Crippen molar-refractivity contribution in [1.29, 1.82) is 0 Å². The zero-order valence-corrected chi connectivity index (χ0v) is 16.0. The van der Waals surface area contributed by atoms with Crippen molar-refractivity contribution >= 4 is 17.3 Å². The van der Waals surface area contributed by atoms with Gasteiger partial charge in [-0.3, -0.25) is 4.79 Å². The molecule has 0 aromatic heterocycles. The second kappa shape index (κ2) is 8.67. The van der Waals surface area contributed by atoms with Crippen LogP contribution in [-0.2, 0) is 11.3 Å². The van der Waals surface area contributed by atoms with Crippen LogP contribution in [0.3, 0.4) is 0 Å². The summed E-state index contributed by atoms with van der Waals surface area (Å²) in [6.07, 6.45) is 0. The molecule has 4 nitrogen and oxygen atoms in total. The summed E-state index contributed by atoms with van der Waals surface area (Å²) in [5.74, 6) is 0.0652. The maximum Gasteiger partial charge on any atom is 0.279 e. The van der Waals surface area contributed by atoms with Gasteiger partial charge in [-0.15, -0.1) is 0 Å². The second-order valence-electron chi connectivity index (χ2n) is 6.88. The number of carbonyl (C=O) groups excluding carboxylic acids is 1. The number of rotatable bonds is 7. The molecule has 0 bridgehead atoms. The van der Waals surface area contributed by atoms with Crippen LogP contribution in [0.4, 0.5) is 11.4 Å². The number of anilines is 2. The number of hydrogen-bond donors (Lipinski definition) is 2. The van der Waals surface area contributed by atoms with E-state index in [9.17, 15) is 4.79 Å². The number of hydrogen-bond acceptors (Lipinski definition) is 2. The quantitative estimate of drug-likeness (QED) is 0.812. The van der Waals surface area contributed by atoms with Crippen LogP contribution in [-0.4, -0.2) is 33.1 Å². The van der Waals surface area contributed by atoms with Gasteiger partial charge in [-0.05, 0) is 50.1 Å². The molecule has 2 N–H and O–H groups in total. The van der Waals surface area contributed by atoms with Crippen LogP contribution in [0.1, 0.15) is 23.6 Å². The van der Waals surface area contributed by atoms with Gasteiger partial charge in [-0.25, -0.2) is 0 Å². The minimum Gasteiger partial charge on any atom is -0.378 e. The van der Waals surface area contributed by atoms with E-state index in [1.54, 1.807) is 0 Å². The smallest absolute Gasteiger partial charge is 0.279 e. The van der Waals surface area contributed by atoms with Gasteiger partial charge in [0, 0.05) is 31.0 Å². The van der Waals surface area contributed by atoms with E-state index in [1.165, 1.54) is 16.2 Å². The van der Waals surface area contributed by atoms with Crippen molar-refractivity contribution < 1.29 is 9.69 Å². The van der Waals surface area contributed by atoms with E-state index in [-0.39, 0.29) is 5.91 Å². The van der Waals surface area contributed by atoms with Gasteiger partial charge in [-0.1, -0.05) is 24.3 Å². The van der Waals surface area contributed by atoms with Crippen LogP contribution >= 0.6 is 0 Å². The Morgan fingerprint density at radius 3 is 2.36 bits per heavy atom. The Labute approximate surface area is 151 Å². The summed E-state index contributed by atoms with van der Waals surface area (Å²) in [5, 5.41) is 3.06. The summed E-state index contributed by atoms with van der Waals surface area (Å²) in [4.78, 5) is 15.8. The summed E-state index contributed by atoms with van der Waals surface area (Å²) in [7, 11) is 4.08. The lowest BCUT2D eigenvalue weighted by Gasteiger charge is -2.19. The SMILES string of the molecule is CC[NH+](CC(=O)Nc1cc(C)ccc1C)Cc1ccc(N(C)C)cc1. The molecule has 1 amide bonds. The van der Waals surface area contributed by atoms with Crippen molar-refractivity contribution in [3.05, 3.63) is 59.2 Å². The summed E-state index contributed by atoms with van der Waals surface area (Å²) < 4.78 is 0. The fraction of sp³-hybridized carbons (Fsp3) is 0.381. The molecule has 0 fully saturated rings. The minimum atomic E-state index is 0.0652. The third kappa shape index (κ3) is 5.61. The third-order valence-electron chi connectivity index (χ3n) is 4.48. The Balaban J connectivity index is 1.96. The Hall–Kier alpha value is -2.33. The van der Waals surface area contributed by atoms with Crippen molar-refractivity contribution in [2.24, 2.45) is 0 Å². The van der Waals surface area contributed by atoms with Crippen molar-refractivity contribution in [2.45, 2.75) is 27.3 Å². The molecule has 4 heteroatoms. The number of nitrogens with zero attached hydrogens (tertiary/aromatic N) is 1. The van der Waals surface area contributed by atoms with Crippen LogP contribution in [0.15, 0.2) is 42.5 Å². The largest absolute Gasteiger partial charge is 0.378 e. The topological polar surface area (TPSA) is 36.8 Å². The average Bonchev–Trinajstić information content (AvgIpc) is 2.58. The molecule has 0 saturated heterocycles. The number of benzene rings is 2. The van der Waals surface area contributed by atoms with Crippen LogP contribution < -0.4 is 15.1 Å². The maximum absolute atomic E-state index is 12.4. The summed E-state index contributed by atoms with van der Waals surface area (Å²) in [6.45, 7) is 8.41. The molecule has 1 atom stereocenters. The summed E-state index contributed by atoms with van der Waals surface area (Å²) >= 11 is 0. The zero-order chi connectivity index (χ0) is 18.4. The normalized spacial score (nSPS) is 11.9. The van der Waals surface area contributed by atoms with E-state index >= 15 is 0 Å². The van der Waals surface area contributed by atoms with Crippen LogP contribution in [0.2, 0.25) is 0 Å². The number of likely N-dealkylation sites (N-methyl/N-ethyl adjacent to an activating group) is 1. The molecule has 0 aliphatic carbocycles. The Kier molecular flexibility index (Phi) is 6.59. The van der Waals surface area contributed by atoms with Crippen molar-refractivity contribution in [1.82, 2.24) is 0 Å². The molecular formula is C21H30N3O+. The first-order chi connectivity index (χ1) is 11.9. The number of quaternary nitrogens is 1. The molecule has 1 unspecified atom stereocenters. The van der Waals surface area contributed by atoms with Gasteiger partial charge in [0.1, 0.15) is 6.54 Å². The van der Waals surface area contributed by atoms with E-state index < -0.39 is 0 Å². The molecule has 25 heavy (non-hydrogen) atoms. The van der Waals surface area contributed by atoms with Crippen molar-refractivity contribution in [3.63, 3.8) is 0 Å². The van der Waals surface area contributed by atoms with E-state index in [1.807, 2.05) is 40.1 Å². The molecule has 0 saturated carbocycles. The maximum atomic E-state index is 12.4. The molecular weight excluding hydrogens is 310 g/mol. The standard InChI is InChI=1S/C21H29N3O/c1-6-24(14-18-9-11-19(12-10-18)23(4)5)15-21(25)22-20-13-16(2)7-8-17(20)3/h7-13H,6,14-15H2,1-5H3,(H,22,25)/p+1. The lowest BCUT2D eigenvalue weighted by Crippen LogP contribution is -3.11. The van der Waals surface area contributed by atoms with Gasteiger partial charge < -0.3 is 15.1 Å². The molecule has 134 valence electrons. The van der Waals surface area contributed by atoms with Gasteiger partial charge in [0.25, 0.3) is 5.91 Å². The Bertz CT molecular complexity index is 708. The first-order valence-electron chi connectivity index (χ1n) is 8.86. The monoisotopic (exact) mass is 340 g/mol. The molecule has 0 aliphatic rings. The number of amides is 1. The van der Waals surface area contributed by atoms with Gasteiger partial charge >= 0.3 is 0 Å². The van der Waals surface area contributed by atoms with E-state index in [0.29, 0.717) is 6.54 Å². The van der Waals surface area contributed by atoms with Crippen LogP contribution in [0, 0.1) is 13.8 Å². The zero-order valence-electron chi connectivity index (χ0n) is 16.0. The fourth-order valence-electron chi connectivity index (χ4n) is 2.81. The fourth-order valence-corrected chi connectivity index (χ4v) is 2.81. The highest BCUT2D eigenvalue weighted by Gasteiger charge is 2.14. The first kappa shape index (κ1) is 19.0. The van der Waals surface area contributed by atoms with Crippen LogP contribution in [0.25, 0.3) is 0 Å². The summed E-state index contributed by atoms with van der Waals surface area (Å²) in [6, 6.07) is 14.7. The molecule has 0 spiro atoms. The molecule has 2 rings (SSSR count). The van der Waals surface area contributed by atoms with Crippen molar-refractivity contribution in [2.75, 3.05) is 37.4 Å². The summed E-state index contributed by atoms with van der Waals surface area (Å²) in [5.41, 5.74) is 5.60. The minimum absolute atomic E-state index is 0.0652. The van der Waals surface area contributed by atoms with Gasteiger partial charge in [-0.2, -0.15) is 0 Å². The van der Waals surface area contributed by atoms with E-state index in [2.05, 4.69) is 47.5 Å². The Morgan fingerprint density at radius 2 is 1.76 bits per heavy atom. The number of nitrogens with one attached hydrogen (secondary N) is 2. The van der Waals surface area contributed by atoms with E-state index in [0.717, 1.165) is 29.9 Å². The highest BCUT2D eigenvalue weighted by atomic mass is 16.2. The van der Waals surface area contributed by atoms with E-state index in [4.69, 9.17) is 0 Å². The van der Waals surface area contributed by atoms with Crippen molar-refractivity contribution in [3.8, 4) is 0 Å². The number of aryl methyl sites for hydroxylation is 2. The van der Waals surface area contributed by atoms with Gasteiger partial charge in [0.05, 0.1) is 6.54 Å². The molecule has 0 heterocycles. The predicted molar refractivity (Wildman–Crippen MR) is 105 cm³/mol. The average molecular weight is 340 g/mol. The first-order valence-corrected chi connectivity index (χ1v) is 8.86. The highest BCUT2D eigenvalue weighted by molar-refractivity contribution is 5.92. The van der Waals surface area contributed by atoms with Gasteiger partial charge in [0.15, 0.2) is 6.54 Å².